The van der Waals surface area contributed by atoms with Crippen molar-refractivity contribution in [3.05, 3.63) is 66.2 Å². The van der Waals surface area contributed by atoms with Crippen molar-refractivity contribution in [1.29, 1.82) is 0 Å². The number of ether oxygens (including phenoxy) is 1. The fourth-order valence-corrected chi connectivity index (χ4v) is 3.88. The Hall–Kier alpha value is -2.46. The Kier molecular flexibility index (Phi) is 5.12. The summed E-state index contributed by atoms with van der Waals surface area (Å²) >= 11 is 1.78. The van der Waals surface area contributed by atoms with Gasteiger partial charge in [0.2, 0.25) is 0 Å². The highest BCUT2D eigenvalue weighted by atomic mass is 32.2. The van der Waals surface area contributed by atoms with Gasteiger partial charge in [0.05, 0.1) is 17.6 Å². The number of thioether (sulfide) groups is 1. The van der Waals surface area contributed by atoms with Gasteiger partial charge in [-0.3, -0.25) is 0 Å². The molecule has 26 heavy (non-hydrogen) atoms. The van der Waals surface area contributed by atoms with Gasteiger partial charge >= 0.3 is 0 Å². The summed E-state index contributed by atoms with van der Waals surface area (Å²) < 4.78 is 5.89. The Morgan fingerprint density at radius 3 is 2.77 bits per heavy atom. The van der Waals surface area contributed by atoms with Gasteiger partial charge in [-0.1, -0.05) is 48.2 Å². The van der Waals surface area contributed by atoms with E-state index in [1.54, 1.807) is 11.8 Å². The van der Waals surface area contributed by atoms with E-state index >= 15 is 0 Å². The molecule has 0 aliphatic rings. The van der Waals surface area contributed by atoms with E-state index in [1.807, 2.05) is 6.07 Å². The third-order valence-corrected chi connectivity index (χ3v) is 5.34. The van der Waals surface area contributed by atoms with Crippen LogP contribution < -0.4 is 4.74 Å². The Labute approximate surface area is 157 Å². The van der Waals surface area contributed by atoms with Gasteiger partial charge in [0.1, 0.15) is 5.75 Å². The molecular formula is C22H22N2OS. The van der Waals surface area contributed by atoms with Crippen LogP contribution in [0.2, 0.25) is 0 Å². The molecule has 0 saturated heterocycles. The van der Waals surface area contributed by atoms with Crippen LogP contribution in [-0.4, -0.2) is 22.3 Å². The summed E-state index contributed by atoms with van der Waals surface area (Å²) in [6.45, 7) is 2.85. The lowest BCUT2D eigenvalue weighted by molar-refractivity contribution is 0.310. The molecule has 0 bridgehead atoms. The predicted octanol–water partition coefficient (Wildman–Crippen LogP) is 5.98. The molecule has 3 nitrogen and oxygen atoms in total. The molecular weight excluding hydrogens is 340 g/mol. The molecule has 1 N–H and O–H groups in total. The Morgan fingerprint density at radius 1 is 0.962 bits per heavy atom. The first-order valence-electron chi connectivity index (χ1n) is 8.99. The fraction of sp³-hybridized carbons (Fsp3) is 0.227. The zero-order valence-corrected chi connectivity index (χ0v) is 15.7. The normalized spacial score (nSPS) is 11.3. The summed E-state index contributed by atoms with van der Waals surface area (Å²) in [6, 6.07) is 20.9. The second-order valence-electron chi connectivity index (χ2n) is 6.48. The molecule has 1 aromatic heterocycles. The van der Waals surface area contributed by atoms with Crippen LogP contribution in [0.3, 0.4) is 0 Å². The molecule has 3 aromatic carbocycles. The number of nitrogens with one attached hydrogen (secondary N) is 1. The molecule has 4 heteroatoms. The van der Waals surface area contributed by atoms with Crippen molar-refractivity contribution in [3.8, 4) is 5.75 Å². The van der Waals surface area contributed by atoms with Crippen molar-refractivity contribution in [2.24, 2.45) is 0 Å². The molecule has 132 valence electrons. The first-order chi connectivity index (χ1) is 12.8. The molecule has 0 aliphatic heterocycles. The summed E-state index contributed by atoms with van der Waals surface area (Å²) in [6.07, 6.45) is 2.15. The maximum atomic E-state index is 5.89. The minimum Gasteiger partial charge on any atom is -0.494 e. The molecule has 0 amide bonds. The van der Waals surface area contributed by atoms with E-state index in [-0.39, 0.29) is 0 Å². The average Bonchev–Trinajstić information content (AvgIpc) is 3.06. The van der Waals surface area contributed by atoms with E-state index in [1.165, 1.54) is 16.3 Å². The lowest BCUT2D eigenvalue weighted by Crippen LogP contribution is -1.98. The zero-order chi connectivity index (χ0) is 17.8. The average molecular weight is 362 g/mol. The number of nitrogens with zero attached hydrogens (tertiary/aromatic N) is 1. The van der Waals surface area contributed by atoms with Gasteiger partial charge in [-0.25, -0.2) is 4.98 Å². The van der Waals surface area contributed by atoms with Gasteiger partial charge in [0, 0.05) is 5.75 Å². The minimum atomic E-state index is 0.748. The molecule has 4 rings (SSSR count). The summed E-state index contributed by atoms with van der Waals surface area (Å²) in [5, 5.41) is 3.47. The number of rotatable bonds is 7. The van der Waals surface area contributed by atoms with Crippen LogP contribution in [-0.2, 0) is 0 Å². The van der Waals surface area contributed by atoms with Gasteiger partial charge < -0.3 is 9.72 Å². The second-order valence-corrected chi connectivity index (χ2v) is 7.56. The molecule has 0 atom stereocenters. The van der Waals surface area contributed by atoms with E-state index < -0.39 is 0 Å². The molecule has 4 aromatic rings. The highest BCUT2D eigenvalue weighted by Gasteiger charge is 2.03. The highest BCUT2D eigenvalue weighted by molar-refractivity contribution is 7.99. The lowest BCUT2D eigenvalue weighted by Gasteiger charge is -2.07. The standard InChI is InChI=1S/C22H22N2OS/c1-16-8-11-20-21(14-16)24-22(23-20)26-13-5-4-12-25-19-10-9-17-6-2-3-7-18(17)15-19/h2-3,6-11,14-15H,4-5,12-13H2,1H3,(H,23,24). The van der Waals surface area contributed by atoms with Crippen LogP contribution in [0, 0.1) is 6.92 Å². The van der Waals surface area contributed by atoms with Crippen molar-refractivity contribution in [2.45, 2.75) is 24.9 Å². The maximum absolute atomic E-state index is 5.89. The highest BCUT2D eigenvalue weighted by Crippen LogP contribution is 2.22. The van der Waals surface area contributed by atoms with Gasteiger partial charge in [-0.05, 0) is 60.4 Å². The van der Waals surface area contributed by atoms with E-state index in [9.17, 15) is 0 Å². The number of aryl methyl sites for hydroxylation is 1. The molecule has 1 heterocycles. The van der Waals surface area contributed by atoms with Crippen molar-refractivity contribution in [3.63, 3.8) is 0 Å². The Balaban J connectivity index is 1.22. The first kappa shape index (κ1) is 17.0. The summed E-state index contributed by atoms with van der Waals surface area (Å²) in [4.78, 5) is 8.02. The van der Waals surface area contributed by atoms with Gasteiger partial charge in [-0.2, -0.15) is 0 Å². The second kappa shape index (κ2) is 7.83. The van der Waals surface area contributed by atoms with Crippen LogP contribution >= 0.6 is 11.8 Å². The number of unbranched alkanes of at least 4 members (excludes halogenated alkanes) is 1. The third kappa shape index (κ3) is 4.02. The van der Waals surface area contributed by atoms with Crippen LogP contribution in [0.4, 0.5) is 0 Å². The fourth-order valence-electron chi connectivity index (χ4n) is 2.99. The number of hydrogen-bond donors (Lipinski definition) is 1. The monoisotopic (exact) mass is 362 g/mol. The molecule has 0 fully saturated rings. The van der Waals surface area contributed by atoms with Crippen molar-refractivity contribution in [1.82, 2.24) is 9.97 Å². The van der Waals surface area contributed by atoms with Gasteiger partial charge in [-0.15, -0.1) is 0 Å². The van der Waals surface area contributed by atoms with Crippen LogP contribution in [0.1, 0.15) is 18.4 Å². The van der Waals surface area contributed by atoms with E-state index in [0.717, 1.165) is 47.1 Å². The summed E-state index contributed by atoms with van der Waals surface area (Å²) in [5.74, 6) is 1.99. The quantitative estimate of drug-likeness (QED) is 0.325. The number of H-pyrrole nitrogens is 1. The number of fused-ring (bicyclic) bond motifs is 2. The van der Waals surface area contributed by atoms with E-state index in [0.29, 0.717) is 0 Å². The Morgan fingerprint density at radius 2 is 1.85 bits per heavy atom. The summed E-state index contributed by atoms with van der Waals surface area (Å²) in [7, 11) is 0. The van der Waals surface area contributed by atoms with Crippen LogP contribution in [0.15, 0.2) is 65.8 Å². The minimum absolute atomic E-state index is 0.748. The smallest absolute Gasteiger partial charge is 0.166 e. The molecule has 0 spiro atoms. The maximum Gasteiger partial charge on any atom is 0.166 e. The molecule has 0 saturated carbocycles. The van der Waals surface area contributed by atoms with Crippen LogP contribution in [0.25, 0.3) is 21.8 Å². The molecule has 0 aliphatic carbocycles. The number of imidazole rings is 1. The largest absolute Gasteiger partial charge is 0.494 e. The topological polar surface area (TPSA) is 37.9 Å². The third-order valence-electron chi connectivity index (χ3n) is 4.38. The van der Waals surface area contributed by atoms with E-state index in [2.05, 4.69) is 71.5 Å². The first-order valence-corrected chi connectivity index (χ1v) is 9.97. The van der Waals surface area contributed by atoms with Crippen LogP contribution in [0.5, 0.6) is 5.75 Å². The van der Waals surface area contributed by atoms with Crippen molar-refractivity contribution >= 4 is 33.6 Å². The van der Waals surface area contributed by atoms with Crippen molar-refractivity contribution in [2.75, 3.05) is 12.4 Å². The molecule has 0 radical (unpaired) electrons. The number of aromatic nitrogens is 2. The SMILES string of the molecule is Cc1ccc2nc(SCCCCOc3ccc4ccccc4c3)[nH]c2c1. The molecule has 0 unspecified atom stereocenters. The number of hydrogen-bond acceptors (Lipinski definition) is 3. The lowest BCUT2D eigenvalue weighted by atomic mass is 10.1. The predicted molar refractivity (Wildman–Crippen MR) is 110 cm³/mol. The van der Waals surface area contributed by atoms with Crippen molar-refractivity contribution < 1.29 is 4.74 Å². The van der Waals surface area contributed by atoms with E-state index in [4.69, 9.17) is 4.74 Å². The van der Waals surface area contributed by atoms with Gasteiger partial charge in [0.25, 0.3) is 0 Å². The summed E-state index contributed by atoms with van der Waals surface area (Å²) in [5.41, 5.74) is 3.41. The number of aromatic amines is 1. The van der Waals surface area contributed by atoms with Gasteiger partial charge in [0.15, 0.2) is 5.16 Å². The zero-order valence-electron chi connectivity index (χ0n) is 14.9. The Bertz CT molecular complexity index is 1020. The number of benzene rings is 3.